The maximum Gasteiger partial charge on any atom is 0.107 e. The van der Waals surface area contributed by atoms with Gasteiger partial charge in [0.25, 0.3) is 0 Å². The zero-order chi connectivity index (χ0) is 12.2. The van der Waals surface area contributed by atoms with Crippen LogP contribution in [0.5, 0.6) is 0 Å². The maximum absolute atomic E-state index is 4.67. The monoisotopic (exact) mass is 240 g/mol. The van der Waals surface area contributed by atoms with Crippen LogP contribution in [0.2, 0.25) is 0 Å². The molecule has 0 saturated carbocycles. The van der Waals surface area contributed by atoms with Gasteiger partial charge in [-0.15, -0.1) is 11.3 Å². The second kappa shape index (κ2) is 5.78. The predicted molar refractivity (Wildman–Crippen MR) is 72.0 cm³/mol. The molecule has 0 amide bonds. The van der Waals surface area contributed by atoms with Gasteiger partial charge >= 0.3 is 0 Å². The van der Waals surface area contributed by atoms with Crippen molar-refractivity contribution in [1.82, 2.24) is 10.3 Å². The van der Waals surface area contributed by atoms with Crippen molar-refractivity contribution in [1.29, 1.82) is 0 Å². The highest BCUT2D eigenvalue weighted by Crippen LogP contribution is 2.23. The van der Waals surface area contributed by atoms with Crippen LogP contribution in [-0.2, 0) is 12.0 Å². The molecule has 1 atom stereocenters. The predicted octanol–water partition coefficient (Wildman–Crippen LogP) is 3.72. The quantitative estimate of drug-likeness (QED) is 0.848. The Kier molecular flexibility index (Phi) is 4.93. The standard InChI is InChI=1S/C13H24N2S/c1-6-7-10(2)14-8-12-15-11(9-16-12)13(3,4)5/h9-10,14H,6-8H2,1-5H3. The summed E-state index contributed by atoms with van der Waals surface area (Å²) in [4.78, 5) is 4.67. The van der Waals surface area contributed by atoms with Gasteiger partial charge in [0.15, 0.2) is 0 Å². The number of nitrogens with one attached hydrogen (secondary N) is 1. The molecule has 2 nitrogen and oxygen atoms in total. The van der Waals surface area contributed by atoms with E-state index in [9.17, 15) is 0 Å². The third kappa shape index (κ3) is 4.22. The fourth-order valence-electron chi connectivity index (χ4n) is 1.53. The number of hydrogen-bond donors (Lipinski definition) is 1. The Morgan fingerprint density at radius 1 is 1.44 bits per heavy atom. The van der Waals surface area contributed by atoms with Crippen LogP contribution in [-0.4, -0.2) is 11.0 Å². The van der Waals surface area contributed by atoms with Crippen molar-refractivity contribution < 1.29 is 0 Å². The third-order valence-corrected chi connectivity index (χ3v) is 3.49. The fourth-order valence-corrected chi connectivity index (χ4v) is 2.50. The highest BCUT2D eigenvalue weighted by Gasteiger charge is 2.17. The van der Waals surface area contributed by atoms with Crippen LogP contribution in [0.3, 0.4) is 0 Å². The summed E-state index contributed by atoms with van der Waals surface area (Å²) in [6.45, 7) is 12.0. The van der Waals surface area contributed by atoms with Crippen molar-refractivity contribution in [2.45, 2.75) is 65.5 Å². The number of rotatable bonds is 5. The normalized spacial score (nSPS) is 14.1. The Balaban J connectivity index is 2.47. The van der Waals surface area contributed by atoms with Crippen LogP contribution in [0.15, 0.2) is 5.38 Å². The Hall–Kier alpha value is -0.410. The van der Waals surface area contributed by atoms with Crippen LogP contribution >= 0.6 is 11.3 Å². The number of thiazole rings is 1. The largest absolute Gasteiger partial charge is 0.308 e. The van der Waals surface area contributed by atoms with Crippen molar-refractivity contribution in [2.24, 2.45) is 0 Å². The second-order valence-electron chi connectivity index (χ2n) is 5.45. The van der Waals surface area contributed by atoms with Crippen LogP contribution in [0.25, 0.3) is 0 Å². The summed E-state index contributed by atoms with van der Waals surface area (Å²) in [5, 5.41) is 6.90. The molecule has 0 fully saturated rings. The van der Waals surface area contributed by atoms with Gasteiger partial charge in [0.2, 0.25) is 0 Å². The average Bonchev–Trinajstić information content (AvgIpc) is 2.63. The molecule has 0 aliphatic carbocycles. The van der Waals surface area contributed by atoms with Crippen LogP contribution in [0, 0.1) is 0 Å². The molecular weight excluding hydrogens is 216 g/mol. The summed E-state index contributed by atoms with van der Waals surface area (Å²) in [6.07, 6.45) is 2.47. The minimum atomic E-state index is 0.170. The van der Waals surface area contributed by atoms with E-state index in [-0.39, 0.29) is 5.41 Å². The lowest BCUT2D eigenvalue weighted by atomic mass is 9.93. The minimum Gasteiger partial charge on any atom is -0.308 e. The van der Waals surface area contributed by atoms with E-state index in [4.69, 9.17) is 0 Å². The van der Waals surface area contributed by atoms with Gasteiger partial charge in [-0.1, -0.05) is 34.1 Å². The van der Waals surface area contributed by atoms with E-state index in [1.165, 1.54) is 23.5 Å². The van der Waals surface area contributed by atoms with Crippen molar-refractivity contribution in [2.75, 3.05) is 0 Å². The first-order valence-electron chi connectivity index (χ1n) is 6.11. The molecule has 1 aromatic rings. The van der Waals surface area contributed by atoms with E-state index in [0.717, 1.165) is 6.54 Å². The summed E-state index contributed by atoms with van der Waals surface area (Å²) in [7, 11) is 0. The lowest BCUT2D eigenvalue weighted by Gasteiger charge is -2.14. The van der Waals surface area contributed by atoms with Gasteiger partial charge in [-0.25, -0.2) is 4.98 Å². The summed E-state index contributed by atoms with van der Waals surface area (Å²) >= 11 is 1.76. The molecule has 0 aliphatic rings. The Labute approximate surface area is 103 Å². The van der Waals surface area contributed by atoms with Crippen molar-refractivity contribution >= 4 is 11.3 Å². The van der Waals surface area contributed by atoms with Crippen LogP contribution in [0.4, 0.5) is 0 Å². The average molecular weight is 240 g/mol. The smallest absolute Gasteiger partial charge is 0.107 e. The summed E-state index contributed by atoms with van der Waals surface area (Å²) < 4.78 is 0. The summed E-state index contributed by atoms with van der Waals surface area (Å²) in [5.41, 5.74) is 1.38. The van der Waals surface area contributed by atoms with Gasteiger partial charge in [0.05, 0.1) is 5.69 Å². The molecule has 1 rings (SSSR count). The molecule has 92 valence electrons. The van der Waals surface area contributed by atoms with E-state index < -0.39 is 0 Å². The van der Waals surface area contributed by atoms with Crippen molar-refractivity contribution in [3.63, 3.8) is 0 Å². The molecular formula is C13H24N2S. The van der Waals surface area contributed by atoms with E-state index in [1.54, 1.807) is 11.3 Å². The van der Waals surface area contributed by atoms with Crippen LogP contribution < -0.4 is 5.32 Å². The Bertz CT molecular complexity index is 312. The van der Waals surface area contributed by atoms with Gasteiger partial charge in [0.1, 0.15) is 5.01 Å². The summed E-state index contributed by atoms with van der Waals surface area (Å²) in [6, 6.07) is 0.590. The molecule has 16 heavy (non-hydrogen) atoms. The first-order chi connectivity index (χ1) is 7.43. The van der Waals surface area contributed by atoms with Crippen molar-refractivity contribution in [3.05, 3.63) is 16.1 Å². The molecule has 1 unspecified atom stereocenters. The van der Waals surface area contributed by atoms with Gasteiger partial charge in [0, 0.05) is 23.4 Å². The first-order valence-corrected chi connectivity index (χ1v) is 6.99. The maximum atomic E-state index is 4.67. The molecule has 1 N–H and O–H groups in total. The Morgan fingerprint density at radius 2 is 2.12 bits per heavy atom. The molecule has 0 spiro atoms. The number of nitrogens with zero attached hydrogens (tertiary/aromatic N) is 1. The number of aromatic nitrogens is 1. The second-order valence-corrected chi connectivity index (χ2v) is 6.39. The molecule has 3 heteroatoms. The zero-order valence-electron chi connectivity index (χ0n) is 11.1. The third-order valence-electron chi connectivity index (χ3n) is 2.64. The van der Waals surface area contributed by atoms with E-state index in [0.29, 0.717) is 6.04 Å². The zero-order valence-corrected chi connectivity index (χ0v) is 11.9. The molecule has 0 aromatic carbocycles. The highest BCUT2D eigenvalue weighted by molar-refractivity contribution is 7.09. The number of hydrogen-bond acceptors (Lipinski definition) is 3. The van der Waals surface area contributed by atoms with Gasteiger partial charge in [-0.2, -0.15) is 0 Å². The van der Waals surface area contributed by atoms with Gasteiger partial charge < -0.3 is 5.32 Å². The Morgan fingerprint density at radius 3 is 2.62 bits per heavy atom. The van der Waals surface area contributed by atoms with E-state index >= 15 is 0 Å². The van der Waals surface area contributed by atoms with E-state index in [1.807, 2.05) is 0 Å². The molecule has 0 aliphatic heterocycles. The summed E-state index contributed by atoms with van der Waals surface area (Å²) in [5.74, 6) is 0. The lowest BCUT2D eigenvalue weighted by Crippen LogP contribution is -2.25. The van der Waals surface area contributed by atoms with Crippen LogP contribution in [0.1, 0.15) is 58.2 Å². The van der Waals surface area contributed by atoms with Gasteiger partial charge in [-0.3, -0.25) is 0 Å². The highest BCUT2D eigenvalue weighted by atomic mass is 32.1. The fraction of sp³-hybridized carbons (Fsp3) is 0.769. The molecule has 1 aromatic heterocycles. The molecule has 0 bridgehead atoms. The van der Waals surface area contributed by atoms with Crippen molar-refractivity contribution in [3.8, 4) is 0 Å². The SMILES string of the molecule is CCCC(C)NCc1nc(C(C)(C)C)cs1. The minimum absolute atomic E-state index is 0.170. The first kappa shape index (κ1) is 13.7. The topological polar surface area (TPSA) is 24.9 Å². The lowest BCUT2D eigenvalue weighted by molar-refractivity contribution is 0.505. The molecule has 0 saturated heterocycles. The van der Waals surface area contributed by atoms with E-state index in [2.05, 4.69) is 50.3 Å². The molecule has 1 heterocycles. The molecule has 0 radical (unpaired) electrons. The van der Waals surface area contributed by atoms with Gasteiger partial charge in [-0.05, 0) is 13.3 Å².